The van der Waals surface area contributed by atoms with Gasteiger partial charge in [-0.2, -0.15) is 0 Å². The number of rotatable bonds is 2. The fourth-order valence-electron chi connectivity index (χ4n) is 2.92. The number of aryl methyl sites for hydroxylation is 2. The molecule has 1 saturated heterocycles. The molecule has 6 nitrogen and oxygen atoms in total. The number of carbonyl (C=O) groups excluding carboxylic acids is 2. The molecule has 2 heterocycles. The highest BCUT2D eigenvalue weighted by atomic mass is 35.5. The van der Waals surface area contributed by atoms with Crippen molar-refractivity contribution >= 4 is 35.0 Å². The van der Waals surface area contributed by atoms with Gasteiger partial charge in [0.2, 0.25) is 0 Å². The van der Waals surface area contributed by atoms with Crippen molar-refractivity contribution in [3.63, 3.8) is 0 Å². The minimum absolute atomic E-state index is 0.115. The molecule has 1 aromatic heterocycles. The van der Waals surface area contributed by atoms with E-state index in [0.717, 1.165) is 0 Å². The summed E-state index contributed by atoms with van der Waals surface area (Å²) < 4.78 is 0. The number of amides is 2. The molecule has 136 valence electrons. The minimum Gasteiger partial charge on any atom is -0.335 e. The Balaban J connectivity index is 1.68. The molecule has 0 aliphatic carbocycles. The molecule has 2 amide bonds. The number of hydrogen-bond donors (Lipinski definition) is 0. The van der Waals surface area contributed by atoms with E-state index in [0.29, 0.717) is 53.8 Å². The molecule has 0 unspecified atom stereocenters. The monoisotopic (exact) mass is 392 g/mol. The maximum Gasteiger partial charge on any atom is 0.257 e. The lowest BCUT2D eigenvalue weighted by atomic mass is 10.1. The molecule has 1 aliphatic heterocycles. The van der Waals surface area contributed by atoms with E-state index in [4.69, 9.17) is 23.2 Å². The fourth-order valence-corrected chi connectivity index (χ4v) is 3.30. The van der Waals surface area contributed by atoms with Crippen LogP contribution < -0.4 is 0 Å². The molecule has 0 atom stereocenters. The molecule has 2 aromatic rings. The van der Waals surface area contributed by atoms with E-state index in [1.54, 1.807) is 48.0 Å². The first kappa shape index (κ1) is 18.6. The molecule has 0 bridgehead atoms. The van der Waals surface area contributed by atoms with Crippen molar-refractivity contribution in [1.82, 2.24) is 19.8 Å². The molecule has 1 aromatic carbocycles. The van der Waals surface area contributed by atoms with Crippen LogP contribution in [0.3, 0.4) is 0 Å². The summed E-state index contributed by atoms with van der Waals surface area (Å²) in [5, 5.41) is 0.603. The van der Waals surface area contributed by atoms with E-state index in [1.807, 2.05) is 0 Å². The summed E-state index contributed by atoms with van der Waals surface area (Å²) in [5.74, 6) is 0.336. The normalized spacial score (nSPS) is 14.5. The molecule has 8 heteroatoms. The summed E-state index contributed by atoms with van der Waals surface area (Å²) in [5.41, 5.74) is 1.53. The van der Waals surface area contributed by atoms with Crippen molar-refractivity contribution in [2.75, 3.05) is 26.2 Å². The Kier molecular flexibility index (Phi) is 5.44. The maximum absolute atomic E-state index is 12.7. The average Bonchev–Trinajstić information content (AvgIpc) is 2.63. The van der Waals surface area contributed by atoms with E-state index in [9.17, 15) is 9.59 Å². The largest absolute Gasteiger partial charge is 0.335 e. The zero-order valence-corrected chi connectivity index (χ0v) is 16.0. The summed E-state index contributed by atoms with van der Waals surface area (Å²) in [6.45, 7) is 5.32. The van der Waals surface area contributed by atoms with Crippen LogP contribution in [0.5, 0.6) is 0 Å². The van der Waals surface area contributed by atoms with Crippen molar-refractivity contribution in [3.8, 4) is 0 Å². The Labute approximate surface area is 161 Å². The van der Waals surface area contributed by atoms with Crippen LogP contribution in [0.1, 0.15) is 32.2 Å². The number of carbonyl (C=O) groups is 2. The molecular formula is C18H18Cl2N4O2. The lowest BCUT2D eigenvalue weighted by molar-refractivity contribution is 0.0534. The van der Waals surface area contributed by atoms with Crippen LogP contribution in [0.4, 0.5) is 0 Å². The van der Waals surface area contributed by atoms with Crippen LogP contribution in [-0.2, 0) is 0 Å². The van der Waals surface area contributed by atoms with Crippen molar-refractivity contribution in [1.29, 1.82) is 0 Å². The van der Waals surface area contributed by atoms with Gasteiger partial charge in [-0.1, -0.05) is 29.3 Å². The molecule has 26 heavy (non-hydrogen) atoms. The summed E-state index contributed by atoms with van der Waals surface area (Å²) in [6.07, 6.45) is 1.56. The highest BCUT2D eigenvalue weighted by molar-refractivity contribution is 6.43. The SMILES string of the molecule is Cc1ncc(C(=O)N2CCN(C(=O)c3cccc(Cl)c3Cl)CC2)c(C)n1. The van der Waals surface area contributed by atoms with Gasteiger partial charge in [-0.05, 0) is 26.0 Å². The predicted octanol–water partition coefficient (Wildman–Crippen LogP) is 3.00. The van der Waals surface area contributed by atoms with Crippen molar-refractivity contribution < 1.29 is 9.59 Å². The van der Waals surface area contributed by atoms with Crippen molar-refractivity contribution in [2.45, 2.75) is 13.8 Å². The summed E-state index contributed by atoms with van der Waals surface area (Å²) in [7, 11) is 0. The van der Waals surface area contributed by atoms with Crippen LogP contribution in [0.15, 0.2) is 24.4 Å². The average molecular weight is 393 g/mol. The third-order valence-electron chi connectivity index (χ3n) is 4.37. The zero-order valence-electron chi connectivity index (χ0n) is 14.5. The number of aromatic nitrogens is 2. The number of halogens is 2. The molecule has 0 radical (unpaired) electrons. The van der Waals surface area contributed by atoms with Gasteiger partial charge in [-0.3, -0.25) is 9.59 Å². The first-order chi connectivity index (χ1) is 12.4. The van der Waals surface area contributed by atoms with Gasteiger partial charge in [0.1, 0.15) is 5.82 Å². The van der Waals surface area contributed by atoms with Crippen molar-refractivity contribution in [3.05, 3.63) is 57.1 Å². The van der Waals surface area contributed by atoms with Crippen LogP contribution in [0.25, 0.3) is 0 Å². The van der Waals surface area contributed by atoms with E-state index in [2.05, 4.69) is 9.97 Å². The first-order valence-electron chi connectivity index (χ1n) is 8.21. The van der Waals surface area contributed by atoms with Gasteiger partial charge in [-0.25, -0.2) is 9.97 Å². The molecule has 0 saturated carbocycles. The molecule has 0 spiro atoms. The van der Waals surface area contributed by atoms with Crippen LogP contribution in [0.2, 0.25) is 10.0 Å². The standard InChI is InChI=1S/C18H18Cl2N4O2/c1-11-14(10-21-12(2)22-11)18(26)24-8-6-23(7-9-24)17(25)13-4-3-5-15(19)16(13)20/h3-5,10H,6-9H2,1-2H3. The minimum atomic E-state index is -0.181. The first-order valence-corrected chi connectivity index (χ1v) is 8.97. The number of piperazine rings is 1. The summed E-state index contributed by atoms with van der Waals surface area (Å²) >= 11 is 12.1. The van der Waals surface area contributed by atoms with Gasteiger partial charge in [0.25, 0.3) is 11.8 Å². The third kappa shape index (κ3) is 3.66. The molecular weight excluding hydrogens is 375 g/mol. The van der Waals surface area contributed by atoms with Crippen LogP contribution in [-0.4, -0.2) is 57.8 Å². The topological polar surface area (TPSA) is 66.4 Å². The Morgan fingerprint density at radius 1 is 0.962 bits per heavy atom. The molecule has 1 aliphatic rings. The highest BCUT2D eigenvalue weighted by Crippen LogP contribution is 2.27. The fraction of sp³-hybridized carbons (Fsp3) is 0.333. The van der Waals surface area contributed by atoms with E-state index >= 15 is 0 Å². The Morgan fingerprint density at radius 2 is 1.54 bits per heavy atom. The second kappa shape index (κ2) is 7.60. The number of nitrogens with zero attached hydrogens (tertiary/aromatic N) is 4. The van der Waals surface area contributed by atoms with Crippen LogP contribution >= 0.6 is 23.2 Å². The quantitative estimate of drug-likeness (QED) is 0.787. The zero-order chi connectivity index (χ0) is 18.8. The smallest absolute Gasteiger partial charge is 0.257 e. The molecule has 0 N–H and O–H groups in total. The molecule has 1 fully saturated rings. The van der Waals surface area contributed by atoms with Crippen molar-refractivity contribution in [2.24, 2.45) is 0 Å². The van der Waals surface area contributed by atoms with Gasteiger partial charge in [-0.15, -0.1) is 0 Å². The lowest BCUT2D eigenvalue weighted by Gasteiger charge is -2.35. The second-order valence-corrected chi connectivity index (χ2v) is 6.89. The van der Waals surface area contributed by atoms with Gasteiger partial charge in [0.05, 0.1) is 26.9 Å². The Bertz CT molecular complexity index is 864. The Morgan fingerprint density at radius 3 is 2.12 bits per heavy atom. The van der Waals surface area contributed by atoms with Gasteiger partial charge in [0.15, 0.2) is 0 Å². The van der Waals surface area contributed by atoms with E-state index in [1.165, 1.54) is 0 Å². The van der Waals surface area contributed by atoms with E-state index < -0.39 is 0 Å². The Hall–Kier alpha value is -2.18. The second-order valence-electron chi connectivity index (χ2n) is 6.10. The number of benzene rings is 1. The van der Waals surface area contributed by atoms with Gasteiger partial charge in [0, 0.05) is 32.4 Å². The van der Waals surface area contributed by atoms with E-state index in [-0.39, 0.29) is 16.8 Å². The van der Waals surface area contributed by atoms with Gasteiger partial charge < -0.3 is 9.80 Å². The highest BCUT2D eigenvalue weighted by Gasteiger charge is 2.27. The maximum atomic E-state index is 12.7. The summed E-state index contributed by atoms with van der Waals surface area (Å²) in [4.78, 5) is 37.1. The lowest BCUT2D eigenvalue weighted by Crippen LogP contribution is -2.50. The van der Waals surface area contributed by atoms with Crippen LogP contribution in [0, 0.1) is 13.8 Å². The predicted molar refractivity (Wildman–Crippen MR) is 99.8 cm³/mol. The number of hydrogen-bond acceptors (Lipinski definition) is 4. The summed E-state index contributed by atoms with van der Waals surface area (Å²) in [6, 6.07) is 4.99. The third-order valence-corrected chi connectivity index (χ3v) is 5.19. The van der Waals surface area contributed by atoms with Gasteiger partial charge >= 0.3 is 0 Å². The molecule has 3 rings (SSSR count).